The summed E-state index contributed by atoms with van der Waals surface area (Å²) in [6.07, 6.45) is 1.46. The number of thioether (sulfide) groups is 1. The summed E-state index contributed by atoms with van der Waals surface area (Å²) < 4.78 is 5.86. The fourth-order valence-corrected chi connectivity index (χ4v) is 4.30. The molecule has 1 atom stereocenters. The number of benzene rings is 1. The van der Waals surface area contributed by atoms with E-state index in [9.17, 15) is 10.1 Å². The molecule has 0 amide bonds. The molecule has 3 aromatic heterocycles. The van der Waals surface area contributed by atoms with Crippen molar-refractivity contribution in [2.45, 2.75) is 17.9 Å². The van der Waals surface area contributed by atoms with Crippen molar-refractivity contribution in [3.05, 3.63) is 46.7 Å². The summed E-state index contributed by atoms with van der Waals surface area (Å²) in [5, 5.41) is 13.2. The Morgan fingerprint density at radius 1 is 1.38 bits per heavy atom. The molecule has 1 aromatic carbocycles. The number of furan rings is 1. The van der Waals surface area contributed by atoms with Crippen LogP contribution in [0.15, 0.2) is 45.4 Å². The van der Waals surface area contributed by atoms with E-state index < -0.39 is 5.92 Å². The number of carbonyl (C=O) groups excluding carboxylic acids is 1. The van der Waals surface area contributed by atoms with Crippen molar-refractivity contribution in [1.82, 2.24) is 15.0 Å². The summed E-state index contributed by atoms with van der Waals surface area (Å²) >= 11 is 2.58. The zero-order valence-electron chi connectivity index (χ0n) is 13.7. The van der Waals surface area contributed by atoms with Crippen LogP contribution in [0.3, 0.4) is 0 Å². The first-order valence-corrected chi connectivity index (χ1v) is 9.63. The molecule has 0 unspecified atom stereocenters. The molecule has 0 radical (unpaired) electrons. The highest BCUT2D eigenvalue weighted by Gasteiger charge is 2.24. The largest absolute Gasteiger partial charge is 0.451 e. The third-order valence-corrected chi connectivity index (χ3v) is 5.83. The highest BCUT2D eigenvalue weighted by molar-refractivity contribution is 8.00. The van der Waals surface area contributed by atoms with E-state index in [0.29, 0.717) is 15.6 Å². The zero-order chi connectivity index (χ0) is 18.1. The Kier molecular flexibility index (Phi) is 4.41. The Balaban J connectivity index is 1.60. The third-order valence-electron chi connectivity index (χ3n) is 3.81. The first-order valence-electron chi connectivity index (χ1n) is 7.77. The molecular weight excluding hydrogens is 368 g/mol. The first kappa shape index (κ1) is 16.7. The number of aryl methyl sites for hydroxylation is 1. The number of Topliss-reactive ketones (excluding diaryl/α,β-unsaturated/α-hetero) is 1. The highest BCUT2D eigenvalue weighted by Crippen LogP contribution is 2.33. The fraction of sp³-hybridized carbons (Fsp3) is 0.167. The predicted molar refractivity (Wildman–Crippen MR) is 100 cm³/mol. The van der Waals surface area contributed by atoms with Crippen molar-refractivity contribution in [3.63, 3.8) is 0 Å². The molecule has 26 heavy (non-hydrogen) atoms. The number of hydrogen-bond acceptors (Lipinski definition) is 8. The molecule has 0 aliphatic carbocycles. The van der Waals surface area contributed by atoms with E-state index in [0.717, 1.165) is 22.2 Å². The van der Waals surface area contributed by atoms with Gasteiger partial charge in [0.15, 0.2) is 17.3 Å². The van der Waals surface area contributed by atoms with Crippen LogP contribution in [0.25, 0.3) is 22.1 Å². The van der Waals surface area contributed by atoms with E-state index in [4.69, 9.17) is 4.42 Å². The number of fused-ring (bicyclic) bond motifs is 3. The number of rotatable bonds is 5. The lowest BCUT2D eigenvalue weighted by Gasteiger charge is -2.04. The summed E-state index contributed by atoms with van der Waals surface area (Å²) in [5.74, 6) is -0.941. The van der Waals surface area contributed by atoms with Crippen molar-refractivity contribution in [2.24, 2.45) is 0 Å². The molecule has 3 heterocycles. The molecule has 0 bridgehead atoms. The second-order valence-corrected chi connectivity index (χ2v) is 7.45. The van der Waals surface area contributed by atoms with Crippen LogP contribution < -0.4 is 0 Å². The maximum atomic E-state index is 12.5. The molecule has 0 aliphatic rings. The SMILES string of the molecule is Cc1csc([C@@H](C#N)C(=O)CSc2ncnc3c2oc2ccccc23)n1. The molecule has 6 nitrogen and oxygen atoms in total. The summed E-state index contributed by atoms with van der Waals surface area (Å²) in [6, 6.07) is 9.67. The van der Waals surface area contributed by atoms with Crippen molar-refractivity contribution in [3.8, 4) is 6.07 Å². The van der Waals surface area contributed by atoms with E-state index in [-0.39, 0.29) is 11.5 Å². The maximum Gasteiger partial charge on any atom is 0.186 e. The quantitative estimate of drug-likeness (QED) is 0.380. The molecule has 4 rings (SSSR count). The molecule has 0 aliphatic heterocycles. The van der Waals surface area contributed by atoms with Crippen molar-refractivity contribution in [1.29, 1.82) is 5.26 Å². The number of aromatic nitrogens is 3. The van der Waals surface area contributed by atoms with Gasteiger partial charge in [-0.3, -0.25) is 4.79 Å². The zero-order valence-corrected chi connectivity index (χ0v) is 15.3. The molecule has 0 saturated heterocycles. The molecule has 0 spiro atoms. The van der Waals surface area contributed by atoms with Gasteiger partial charge in [-0.25, -0.2) is 15.0 Å². The van der Waals surface area contributed by atoms with Crippen molar-refractivity contribution < 1.29 is 9.21 Å². The molecule has 0 fully saturated rings. The molecule has 0 N–H and O–H groups in total. The van der Waals surface area contributed by atoms with Gasteiger partial charge in [0.2, 0.25) is 0 Å². The van der Waals surface area contributed by atoms with Crippen LogP contribution in [0.1, 0.15) is 16.6 Å². The Hall–Kier alpha value is -2.76. The van der Waals surface area contributed by atoms with Gasteiger partial charge in [-0.1, -0.05) is 23.9 Å². The molecular formula is C18H12N4O2S2. The second-order valence-electron chi connectivity index (χ2n) is 5.60. The maximum absolute atomic E-state index is 12.5. The lowest BCUT2D eigenvalue weighted by molar-refractivity contribution is -0.116. The fourth-order valence-electron chi connectivity index (χ4n) is 2.60. The minimum atomic E-state index is -0.853. The summed E-state index contributed by atoms with van der Waals surface area (Å²) in [7, 11) is 0. The van der Waals surface area contributed by atoms with Gasteiger partial charge in [-0.15, -0.1) is 11.3 Å². The standard InChI is InChI=1S/C18H12N4O2S2/c1-10-7-25-17(22-10)12(6-19)13(23)8-26-18-16-15(20-9-21-18)11-4-2-3-5-14(11)24-16/h2-5,7,9,12H,8H2,1H3/t12-/m0/s1. The number of para-hydroxylation sites is 1. The Morgan fingerprint density at radius 2 is 2.23 bits per heavy atom. The second kappa shape index (κ2) is 6.86. The van der Waals surface area contributed by atoms with Gasteiger partial charge in [0.25, 0.3) is 0 Å². The minimum Gasteiger partial charge on any atom is -0.451 e. The molecule has 128 valence electrons. The van der Waals surface area contributed by atoms with Gasteiger partial charge in [-0.05, 0) is 19.1 Å². The summed E-state index contributed by atoms with van der Waals surface area (Å²) in [4.78, 5) is 25.3. The highest BCUT2D eigenvalue weighted by atomic mass is 32.2. The number of carbonyl (C=O) groups is 1. The number of nitriles is 1. The van der Waals surface area contributed by atoms with Crippen LogP contribution >= 0.6 is 23.1 Å². The first-order chi connectivity index (χ1) is 12.7. The number of nitrogens with zero attached hydrogens (tertiary/aromatic N) is 4. The number of thiazole rings is 1. The van der Waals surface area contributed by atoms with E-state index >= 15 is 0 Å². The topological polar surface area (TPSA) is 92.7 Å². The molecule has 8 heteroatoms. The van der Waals surface area contributed by atoms with Gasteiger partial charge < -0.3 is 4.42 Å². The Labute approximate surface area is 156 Å². The Morgan fingerprint density at radius 3 is 3.00 bits per heavy atom. The van der Waals surface area contributed by atoms with E-state index in [1.807, 2.05) is 36.6 Å². The van der Waals surface area contributed by atoms with Crippen molar-refractivity contribution >= 4 is 51.0 Å². The lowest BCUT2D eigenvalue weighted by atomic mass is 10.1. The van der Waals surface area contributed by atoms with E-state index in [1.165, 1.54) is 29.4 Å². The van der Waals surface area contributed by atoms with Gasteiger partial charge >= 0.3 is 0 Å². The Bertz CT molecular complexity index is 1160. The summed E-state index contributed by atoms with van der Waals surface area (Å²) in [6.45, 7) is 1.84. The average Bonchev–Trinajstić information content (AvgIpc) is 3.24. The summed E-state index contributed by atoms with van der Waals surface area (Å²) in [5.41, 5.74) is 2.82. The average molecular weight is 380 g/mol. The van der Waals surface area contributed by atoms with E-state index in [1.54, 1.807) is 0 Å². The third kappa shape index (κ3) is 2.96. The molecule has 4 aromatic rings. The van der Waals surface area contributed by atoms with Gasteiger partial charge in [-0.2, -0.15) is 5.26 Å². The monoisotopic (exact) mass is 380 g/mol. The van der Waals surface area contributed by atoms with Crippen LogP contribution in [-0.2, 0) is 4.79 Å². The molecule has 0 saturated carbocycles. The van der Waals surface area contributed by atoms with Gasteiger partial charge in [0.1, 0.15) is 27.5 Å². The van der Waals surface area contributed by atoms with Crippen LogP contribution in [0, 0.1) is 18.3 Å². The van der Waals surface area contributed by atoms with Crippen LogP contribution in [-0.4, -0.2) is 26.5 Å². The number of hydrogen-bond donors (Lipinski definition) is 0. The van der Waals surface area contributed by atoms with Crippen LogP contribution in [0.2, 0.25) is 0 Å². The lowest BCUT2D eigenvalue weighted by Crippen LogP contribution is -2.13. The van der Waals surface area contributed by atoms with Crippen LogP contribution in [0.5, 0.6) is 0 Å². The van der Waals surface area contributed by atoms with Gasteiger partial charge in [0, 0.05) is 16.5 Å². The predicted octanol–water partition coefficient (Wildman–Crippen LogP) is 4.11. The number of ketones is 1. The normalized spacial score (nSPS) is 12.3. The minimum absolute atomic E-state index is 0.111. The van der Waals surface area contributed by atoms with Gasteiger partial charge in [0.05, 0.1) is 11.8 Å². The van der Waals surface area contributed by atoms with Crippen molar-refractivity contribution in [2.75, 3.05) is 5.75 Å². The van der Waals surface area contributed by atoms with Crippen LogP contribution in [0.4, 0.5) is 0 Å². The van der Waals surface area contributed by atoms with E-state index in [2.05, 4.69) is 21.0 Å². The smallest absolute Gasteiger partial charge is 0.186 e.